The van der Waals surface area contributed by atoms with E-state index >= 15 is 0 Å². The standard InChI is InChI=1S/C27H32N2O4/c1-19(24-9-5-7-20-6-3-4-8-25(20)24)28-22-12-13-29(18-22)23-10-11-26(33-15-14-32-2)21(16-23)17-27(30)31/h3-11,16,19,22,28H,12-15,17-18H2,1-2H3,(H,30,31)/t19-,22+/m1/s1. The molecule has 1 aliphatic heterocycles. The third kappa shape index (κ3) is 5.64. The summed E-state index contributed by atoms with van der Waals surface area (Å²) in [5.74, 6) is -0.259. The van der Waals surface area contributed by atoms with Gasteiger partial charge in [-0.1, -0.05) is 42.5 Å². The molecule has 2 N–H and O–H groups in total. The summed E-state index contributed by atoms with van der Waals surface area (Å²) < 4.78 is 10.8. The summed E-state index contributed by atoms with van der Waals surface area (Å²) in [5, 5.41) is 15.7. The van der Waals surface area contributed by atoms with Gasteiger partial charge in [0.05, 0.1) is 13.0 Å². The van der Waals surface area contributed by atoms with Crippen LogP contribution in [0.15, 0.2) is 60.7 Å². The van der Waals surface area contributed by atoms with Gasteiger partial charge in [-0.25, -0.2) is 0 Å². The summed E-state index contributed by atoms with van der Waals surface area (Å²) in [6.45, 7) is 4.89. The summed E-state index contributed by atoms with van der Waals surface area (Å²) in [6.07, 6.45) is 0.971. The van der Waals surface area contributed by atoms with Gasteiger partial charge in [-0.15, -0.1) is 0 Å². The number of benzene rings is 3. The highest BCUT2D eigenvalue weighted by Gasteiger charge is 2.25. The minimum absolute atomic E-state index is 0.0657. The molecule has 0 aromatic heterocycles. The Balaban J connectivity index is 1.44. The van der Waals surface area contributed by atoms with Crippen molar-refractivity contribution in [3.63, 3.8) is 0 Å². The summed E-state index contributed by atoms with van der Waals surface area (Å²) in [7, 11) is 1.61. The number of ether oxygens (including phenoxy) is 2. The van der Waals surface area contributed by atoms with Gasteiger partial charge in [-0.2, -0.15) is 0 Å². The quantitative estimate of drug-likeness (QED) is 0.448. The number of carbonyl (C=O) groups is 1. The van der Waals surface area contributed by atoms with Gasteiger partial charge in [-0.05, 0) is 47.9 Å². The zero-order valence-corrected chi connectivity index (χ0v) is 19.3. The number of fused-ring (bicyclic) bond motifs is 1. The van der Waals surface area contributed by atoms with Crippen molar-refractivity contribution in [3.8, 4) is 5.75 Å². The number of nitrogens with zero attached hydrogens (tertiary/aromatic N) is 1. The molecule has 6 nitrogen and oxygen atoms in total. The number of carboxylic acids is 1. The maximum absolute atomic E-state index is 11.4. The van der Waals surface area contributed by atoms with E-state index in [2.05, 4.69) is 59.6 Å². The molecule has 0 saturated carbocycles. The molecule has 6 heteroatoms. The number of aliphatic carboxylic acids is 1. The number of nitrogens with one attached hydrogen (secondary N) is 1. The number of carboxylic acid groups (broad SMARTS) is 1. The highest BCUT2D eigenvalue weighted by Crippen LogP contribution is 2.30. The average Bonchev–Trinajstić information content (AvgIpc) is 3.27. The summed E-state index contributed by atoms with van der Waals surface area (Å²) in [5.41, 5.74) is 3.04. The molecule has 1 saturated heterocycles. The smallest absolute Gasteiger partial charge is 0.307 e. The number of hydrogen-bond donors (Lipinski definition) is 2. The maximum Gasteiger partial charge on any atom is 0.307 e. The molecule has 0 unspecified atom stereocenters. The van der Waals surface area contributed by atoms with Crippen LogP contribution in [0.1, 0.15) is 30.5 Å². The zero-order chi connectivity index (χ0) is 23.2. The Morgan fingerprint density at radius 3 is 2.79 bits per heavy atom. The van der Waals surface area contributed by atoms with Crippen LogP contribution in [0.3, 0.4) is 0 Å². The molecule has 0 radical (unpaired) electrons. The fourth-order valence-electron chi connectivity index (χ4n) is 4.64. The Bertz CT molecular complexity index is 1100. The second-order valence-electron chi connectivity index (χ2n) is 8.59. The normalized spacial score (nSPS) is 16.8. The van der Waals surface area contributed by atoms with Crippen LogP contribution in [-0.2, 0) is 16.0 Å². The highest BCUT2D eigenvalue weighted by molar-refractivity contribution is 5.86. The van der Waals surface area contributed by atoms with Gasteiger partial charge in [0.25, 0.3) is 0 Å². The Hall–Kier alpha value is -3.09. The molecule has 0 amide bonds. The lowest BCUT2D eigenvalue weighted by Crippen LogP contribution is -2.34. The van der Waals surface area contributed by atoms with Crippen LogP contribution in [-0.4, -0.2) is 50.5 Å². The molecule has 0 spiro atoms. The van der Waals surface area contributed by atoms with E-state index < -0.39 is 5.97 Å². The first-order valence-corrected chi connectivity index (χ1v) is 11.5. The van der Waals surface area contributed by atoms with Crippen molar-refractivity contribution >= 4 is 22.4 Å². The van der Waals surface area contributed by atoms with E-state index in [4.69, 9.17) is 9.47 Å². The van der Waals surface area contributed by atoms with E-state index in [-0.39, 0.29) is 12.5 Å². The summed E-state index contributed by atoms with van der Waals surface area (Å²) in [4.78, 5) is 13.7. The van der Waals surface area contributed by atoms with E-state index in [0.717, 1.165) is 25.2 Å². The predicted molar refractivity (Wildman–Crippen MR) is 131 cm³/mol. The lowest BCUT2D eigenvalue weighted by atomic mass is 9.99. The van der Waals surface area contributed by atoms with Gasteiger partial charge in [0, 0.05) is 43.5 Å². The zero-order valence-electron chi connectivity index (χ0n) is 19.3. The summed E-state index contributed by atoms with van der Waals surface area (Å²) in [6, 6.07) is 21.4. The predicted octanol–water partition coefficient (Wildman–Crippen LogP) is 4.42. The summed E-state index contributed by atoms with van der Waals surface area (Å²) >= 11 is 0. The molecule has 1 heterocycles. The third-order valence-electron chi connectivity index (χ3n) is 6.26. The molecule has 1 aliphatic rings. The van der Waals surface area contributed by atoms with Crippen LogP contribution >= 0.6 is 0 Å². The number of anilines is 1. The number of hydrogen-bond acceptors (Lipinski definition) is 5. The Morgan fingerprint density at radius 1 is 1.15 bits per heavy atom. The SMILES string of the molecule is COCCOc1ccc(N2CC[C@H](N[C@H](C)c3cccc4ccccc34)C2)cc1CC(=O)O. The number of rotatable bonds is 10. The van der Waals surface area contributed by atoms with Crippen molar-refractivity contribution in [2.24, 2.45) is 0 Å². The van der Waals surface area contributed by atoms with Crippen LogP contribution in [0, 0.1) is 0 Å². The minimum Gasteiger partial charge on any atom is -0.491 e. The molecule has 33 heavy (non-hydrogen) atoms. The van der Waals surface area contributed by atoms with E-state index in [9.17, 15) is 9.90 Å². The van der Waals surface area contributed by atoms with Crippen molar-refractivity contribution in [2.45, 2.75) is 31.8 Å². The Morgan fingerprint density at radius 2 is 1.97 bits per heavy atom. The molecule has 4 rings (SSSR count). The maximum atomic E-state index is 11.4. The Kier molecular flexibility index (Phi) is 7.47. The van der Waals surface area contributed by atoms with Crippen molar-refractivity contribution in [2.75, 3.05) is 38.3 Å². The van der Waals surface area contributed by atoms with Crippen LogP contribution in [0.4, 0.5) is 5.69 Å². The van der Waals surface area contributed by atoms with Gasteiger partial charge in [0.15, 0.2) is 0 Å². The van der Waals surface area contributed by atoms with Crippen LogP contribution in [0.2, 0.25) is 0 Å². The molecule has 3 aromatic rings. The van der Waals surface area contributed by atoms with Crippen molar-refractivity contribution in [1.82, 2.24) is 5.32 Å². The van der Waals surface area contributed by atoms with E-state index in [0.29, 0.717) is 30.6 Å². The molecular weight excluding hydrogens is 416 g/mol. The van der Waals surface area contributed by atoms with Gasteiger partial charge in [0.1, 0.15) is 12.4 Å². The van der Waals surface area contributed by atoms with E-state index in [1.165, 1.54) is 16.3 Å². The lowest BCUT2D eigenvalue weighted by Gasteiger charge is -2.23. The lowest BCUT2D eigenvalue weighted by molar-refractivity contribution is -0.136. The van der Waals surface area contributed by atoms with Crippen LogP contribution < -0.4 is 15.0 Å². The second kappa shape index (κ2) is 10.7. The first kappa shape index (κ1) is 23.1. The molecule has 3 aromatic carbocycles. The second-order valence-corrected chi connectivity index (χ2v) is 8.59. The van der Waals surface area contributed by atoms with Crippen molar-refractivity contribution in [1.29, 1.82) is 0 Å². The van der Waals surface area contributed by atoms with Gasteiger partial charge in [-0.3, -0.25) is 4.79 Å². The van der Waals surface area contributed by atoms with Gasteiger partial charge < -0.3 is 24.8 Å². The molecular formula is C27H32N2O4. The minimum atomic E-state index is -0.867. The molecule has 2 atom stereocenters. The first-order chi connectivity index (χ1) is 16.0. The average molecular weight is 449 g/mol. The number of methoxy groups -OCH3 is 1. The van der Waals surface area contributed by atoms with Gasteiger partial charge >= 0.3 is 5.97 Å². The fourth-order valence-corrected chi connectivity index (χ4v) is 4.64. The van der Waals surface area contributed by atoms with E-state index in [1.807, 2.05) is 18.2 Å². The fraction of sp³-hybridized carbons (Fsp3) is 0.370. The van der Waals surface area contributed by atoms with Crippen molar-refractivity contribution in [3.05, 3.63) is 71.8 Å². The first-order valence-electron chi connectivity index (χ1n) is 11.5. The molecule has 0 aliphatic carbocycles. The highest BCUT2D eigenvalue weighted by atomic mass is 16.5. The van der Waals surface area contributed by atoms with Crippen LogP contribution in [0.5, 0.6) is 5.75 Å². The Labute approximate surface area is 195 Å². The molecule has 174 valence electrons. The van der Waals surface area contributed by atoms with Crippen LogP contribution in [0.25, 0.3) is 10.8 Å². The topological polar surface area (TPSA) is 71.0 Å². The monoisotopic (exact) mass is 448 g/mol. The van der Waals surface area contributed by atoms with E-state index in [1.54, 1.807) is 7.11 Å². The van der Waals surface area contributed by atoms with Crippen molar-refractivity contribution < 1.29 is 19.4 Å². The molecule has 1 fully saturated rings. The molecule has 0 bridgehead atoms. The van der Waals surface area contributed by atoms with Gasteiger partial charge in [0.2, 0.25) is 0 Å². The third-order valence-corrected chi connectivity index (χ3v) is 6.26. The largest absolute Gasteiger partial charge is 0.491 e.